The molecule has 0 atom stereocenters. The average molecular weight is 244 g/mol. The van der Waals surface area contributed by atoms with Gasteiger partial charge in [-0.15, -0.1) is 0 Å². The van der Waals surface area contributed by atoms with Gasteiger partial charge in [0.15, 0.2) is 0 Å². The zero-order valence-corrected chi connectivity index (χ0v) is 10.0. The number of carbonyl (C=O) groups excluding carboxylic acids is 1. The Hall–Kier alpha value is -1.42. The lowest BCUT2D eigenvalue weighted by atomic mass is 10.1. The highest BCUT2D eigenvalue weighted by atomic mass is 35.5. The highest BCUT2D eigenvalue weighted by Gasteiger charge is 2.19. The van der Waals surface area contributed by atoms with Crippen LogP contribution in [0.15, 0.2) is 12.1 Å². The summed E-state index contributed by atoms with van der Waals surface area (Å²) >= 11 is 5.83. The third-order valence-electron chi connectivity index (χ3n) is 2.02. The van der Waals surface area contributed by atoms with Crippen molar-refractivity contribution in [2.24, 2.45) is 0 Å². The van der Waals surface area contributed by atoms with Gasteiger partial charge in [0, 0.05) is 0 Å². The molecule has 0 bridgehead atoms. The van der Waals surface area contributed by atoms with Gasteiger partial charge in [0.2, 0.25) is 0 Å². The van der Waals surface area contributed by atoms with E-state index < -0.39 is 5.97 Å². The Kier molecular flexibility index (Phi) is 4.43. The fourth-order valence-electron chi connectivity index (χ4n) is 1.22. The molecule has 5 heteroatoms. The van der Waals surface area contributed by atoms with Gasteiger partial charge in [0.05, 0.1) is 24.4 Å². The van der Waals surface area contributed by atoms with Crippen LogP contribution < -0.4 is 10.5 Å². The first kappa shape index (κ1) is 12.6. The van der Waals surface area contributed by atoms with Crippen molar-refractivity contribution in [3.63, 3.8) is 0 Å². The number of nitrogen functional groups attached to an aromatic ring is 1. The van der Waals surface area contributed by atoms with E-state index in [2.05, 4.69) is 0 Å². The minimum absolute atomic E-state index is 0.183. The fourth-order valence-corrected chi connectivity index (χ4v) is 1.38. The normalized spacial score (nSPS) is 9.94. The van der Waals surface area contributed by atoms with Gasteiger partial charge < -0.3 is 15.2 Å². The molecule has 1 aromatic carbocycles. The fraction of sp³-hybridized carbons (Fsp3) is 0.364. The van der Waals surface area contributed by atoms with Crippen molar-refractivity contribution in [3.8, 4) is 5.75 Å². The molecule has 1 rings (SSSR count). The third-order valence-corrected chi connectivity index (χ3v) is 2.34. The van der Waals surface area contributed by atoms with Crippen molar-refractivity contribution < 1.29 is 14.3 Å². The van der Waals surface area contributed by atoms with Crippen LogP contribution in [0.1, 0.15) is 23.7 Å². The van der Waals surface area contributed by atoms with Crippen LogP contribution in [-0.2, 0) is 4.74 Å². The number of ether oxygens (including phenoxy) is 2. The molecule has 0 amide bonds. The Morgan fingerprint density at radius 3 is 2.75 bits per heavy atom. The average Bonchev–Trinajstić information content (AvgIpc) is 2.29. The SMILES string of the molecule is CCCOC(=O)c1c(OC)ccc(Cl)c1N. The molecule has 1 aromatic rings. The number of esters is 1. The van der Waals surface area contributed by atoms with Crippen LogP contribution in [-0.4, -0.2) is 19.7 Å². The molecule has 0 saturated carbocycles. The smallest absolute Gasteiger partial charge is 0.344 e. The van der Waals surface area contributed by atoms with Crippen LogP contribution in [0.3, 0.4) is 0 Å². The number of hydrogen-bond donors (Lipinski definition) is 1. The van der Waals surface area contributed by atoms with Crippen molar-refractivity contribution in [2.75, 3.05) is 19.5 Å². The quantitative estimate of drug-likeness (QED) is 0.652. The molecule has 0 heterocycles. The van der Waals surface area contributed by atoms with Crippen LogP contribution in [0.2, 0.25) is 5.02 Å². The molecular formula is C11H14ClNO3. The monoisotopic (exact) mass is 243 g/mol. The van der Waals surface area contributed by atoms with Crippen molar-refractivity contribution in [2.45, 2.75) is 13.3 Å². The number of hydrogen-bond acceptors (Lipinski definition) is 4. The number of rotatable bonds is 4. The summed E-state index contributed by atoms with van der Waals surface area (Å²) in [6.07, 6.45) is 0.745. The second-order valence-corrected chi connectivity index (χ2v) is 3.58. The van der Waals surface area contributed by atoms with Crippen LogP contribution in [0.5, 0.6) is 5.75 Å². The second-order valence-electron chi connectivity index (χ2n) is 3.17. The number of methoxy groups -OCH3 is 1. The van der Waals surface area contributed by atoms with Crippen LogP contribution in [0, 0.1) is 0 Å². The van der Waals surface area contributed by atoms with E-state index in [-0.39, 0.29) is 11.3 Å². The molecule has 16 heavy (non-hydrogen) atoms. The highest BCUT2D eigenvalue weighted by molar-refractivity contribution is 6.34. The van der Waals surface area contributed by atoms with Crippen molar-refractivity contribution in [1.29, 1.82) is 0 Å². The van der Waals surface area contributed by atoms with E-state index in [4.69, 9.17) is 26.8 Å². The lowest BCUT2D eigenvalue weighted by Crippen LogP contribution is -2.11. The molecule has 0 aliphatic carbocycles. The van der Waals surface area contributed by atoms with Crippen LogP contribution in [0.4, 0.5) is 5.69 Å². The maximum atomic E-state index is 11.7. The first-order valence-corrected chi connectivity index (χ1v) is 5.28. The van der Waals surface area contributed by atoms with Crippen molar-refractivity contribution >= 4 is 23.3 Å². The summed E-state index contributed by atoms with van der Waals surface area (Å²) in [4.78, 5) is 11.7. The first-order chi connectivity index (χ1) is 7.61. The topological polar surface area (TPSA) is 61.5 Å². The van der Waals surface area contributed by atoms with Crippen LogP contribution >= 0.6 is 11.6 Å². The van der Waals surface area contributed by atoms with Gasteiger partial charge in [-0.2, -0.15) is 0 Å². The van der Waals surface area contributed by atoms with Crippen molar-refractivity contribution in [1.82, 2.24) is 0 Å². The molecule has 0 saturated heterocycles. The van der Waals surface area contributed by atoms with Gasteiger partial charge in [-0.3, -0.25) is 0 Å². The summed E-state index contributed by atoms with van der Waals surface area (Å²) in [6, 6.07) is 3.16. The zero-order chi connectivity index (χ0) is 12.1. The predicted molar refractivity (Wildman–Crippen MR) is 63.0 cm³/mol. The molecule has 0 fully saturated rings. The predicted octanol–water partition coefficient (Wildman–Crippen LogP) is 2.50. The lowest BCUT2D eigenvalue weighted by molar-refractivity contribution is 0.0503. The number of halogens is 1. The summed E-state index contributed by atoms with van der Waals surface area (Å²) in [5.74, 6) is -0.151. The summed E-state index contributed by atoms with van der Waals surface area (Å²) < 4.78 is 10.0. The molecule has 0 unspecified atom stereocenters. The number of nitrogens with two attached hydrogens (primary N) is 1. The Labute approximate surface area is 99.3 Å². The summed E-state index contributed by atoms with van der Waals surface area (Å²) in [5.41, 5.74) is 6.09. The molecule has 4 nitrogen and oxygen atoms in total. The first-order valence-electron chi connectivity index (χ1n) is 4.90. The van der Waals surface area contributed by atoms with Crippen molar-refractivity contribution in [3.05, 3.63) is 22.7 Å². The number of carbonyl (C=O) groups is 1. The maximum Gasteiger partial charge on any atom is 0.344 e. The van der Waals surface area contributed by atoms with E-state index in [1.807, 2.05) is 6.92 Å². The number of anilines is 1. The molecule has 2 N–H and O–H groups in total. The minimum Gasteiger partial charge on any atom is -0.496 e. The Morgan fingerprint density at radius 2 is 2.19 bits per heavy atom. The van der Waals surface area contributed by atoms with E-state index in [1.54, 1.807) is 12.1 Å². The number of benzene rings is 1. The molecule has 0 aliphatic heterocycles. The standard InChI is InChI=1S/C11H14ClNO3/c1-3-6-16-11(14)9-8(15-2)5-4-7(12)10(9)13/h4-5H,3,6,13H2,1-2H3. The zero-order valence-electron chi connectivity index (χ0n) is 9.25. The molecular weight excluding hydrogens is 230 g/mol. The Balaban J connectivity index is 3.09. The van der Waals surface area contributed by atoms with Crippen LogP contribution in [0.25, 0.3) is 0 Å². The summed E-state index contributed by atoms with van der Waals surface area (Å²) in [7, 11) is 1.46. The molecule has 0 spiro atoms. The molecule has 0 aromatic heterocycles. The highest BCUT2D eigenvalue weighted by Crippen LogP contribution is 2.31. The molecule has 88 valence electrons. The van der Waals surface area contributed by atoms with Gasteiger partial charge in [0.25, 0.3) is 0 Å². The largest absolute Gasteiger partial charge is 0.496 e. The van der Waals surface area contributed by atoms with E-state index in [9.17, 15) is 4.79 Å². The summed E-state index contributed by atoms with van der Waals surface area (Å²) in [6.45, 7) is 2.25. The van der Waals surface area contributed by atoms with E-state index in [1.165, 1.54) is 7.11 Å². The third kappa shape index (κ3) is 2.58. The minimum atomic E-state index is -0.515. The van der Waals surface area contributed by atoms with E-state index >= 15 is 0 Å². The Morgan fingerprint density at radius 1 is 1.50 bits per heavy atom. The van der Waals surface area contributed by atoms with Gasteiger partial charge >= 0.3 is 5.97 Å². The van der Waals surface area contributed by atoms with Gasteiger partial charge in [-0.05, 0) is 18.6 Å². The molecule has 0 aliphatic rings. The Bertz CT molecular complexity index is 393. The maximum absolute atomic E-state index is 11.7. The lowest BCUT2D eigenvalue weighted by Gasteiger charge is -2.11. The molecule has 0 radical (unpaired) electrons. The van der Waals surface area contributed by atoms with E-state index in [0.29, 0.717) is 17.4 Å². The second kappa shape index (κ2) is 5.61. The van der Waals surface area contributed by atoms with Gasteiger partial charge in [-0.1, -0.05) is 18.5 Å². The van der Waals surface area contributed by atoms with E-state index in [0.717, 1.165) is 6.42 Å². The van der Waals surface area contributed by atoms with Gasteiger partial charge in [-0.25, -0.2) is 4.79 Å². The van der Waals surface area contributed by atoms with Gasteiger partial charge in [0.1, 0.15) is 11.3 Å². The summed E-state index contributed by atoms with van der Waals surface area (Å²) in [5, 5.41) is 0.309.